The summed E-state index contributed by atoms with van der Waals surface area (Å²) in [6, 6.07) is 14.7. The van der Waals surface area contributed by atoms with Crippen LogP contribution in [0.25, 0.3) is 0 Å². The third-order valence-electron chi connectivity index (χ3n) is 3.35. The maximum Gasteiger partial charge on any atom is 0.407 e. The molecule has 2 aromatic carbocycles. The number of carboxylic acid groups (broad SMARTS) is 1. The molecule has 110 valence electrons. The monoisotopic (exact) mass is 349 g/mol. The van der Waals surface area contributed by atoms with Crippen molar-refractivity contribution >= 4 is 22.0 Å². The molecule has 1 atom stereocenters. The Balaban J connectivity index is 2.36. The standard InChI is InChI=1S/C16H16BrNO3/c1-18(16(20)21)10-15(11-2-6-13(17)7-3-11)12-4-8-14(19)9-5-12/h2-9,15,19H,10H2,1H3,(H,20,21). The Kier molecular flexibility index (Phi) is 4.85. The molecule has 0 radical (unpaired) electrons. The number of amides is 1. The Morgan fingerprint density at radius 1 is 1.10 bits per heavy atom. The SMILES string of the molecule is CN(CC(c1ccc(O)cc1)c1ccc(Br)cc1)C(=O)O. The van der Waals surface area contributed by atoms with Crippen LogP contribution >= 0.6 is 15.9 Å². The van der Waals surface area contributed by atoms with Crippen molar-refractivity contribution in [2.24, 2.45) is 0 Å². The molecule has 5 heteroatoms. The topological polar surface area (TPSA) is 60.8 Å². The van der Waals surface area contributed by atoms with E-state index in [1.165, 1.54) is 4.90 Å². The molecule has 0 aliphatic carbocycles. The number of hydrogen-bond acceptors (Lipinski definition) is 2. The normalized spacial score (nSPS) is 11.9. The lowest BCUT2D eigenvalue weighted by atomic mass is 9.91. The van der Waals surface area contributed by atoms with E-state index >= 15 is 0 Å². The molecule has 0 fully saturated rings. The smallest absolute Gasteiger partial charge is 0.407 e. The number of phenols is 1. The molecule has 21 heavy (non-hydrogen) atoms. The van der Waals surface area contributed by atoms with E-state index in [0.29, 0.717) is 6.54 Å². The number of carbonyl (C=O) groups is 1. The number of halogens is 1. The molecular formula is C16H16BrNO3. The fraction of sp³-hybridized carbons (Fsp3) is 0.188. The lowest BCUT2D eigenvalue weighted by Gasteiger charge is -2.23. The van der Waals surface area contributed by atoms with Gasteiger partial charge in [0.25, 0.3) is 0 Å². The molecule has 0 aromatic heterocycles. The predicted octanol–water partition coefficient (Wildman–Crippen LogP) is 3.90. The van der Waals surface area contributed by atoms with Crippen LogP contribution in [0.4, 0.5) is 4.79 Å². The quantitative estimate of drug-likeness (QED) is 0.879. The van der Waals surface area contributed by atoms with Crippen LogP contribution in [0.5, 0.6) is 5.75 Å². The maximum absolute atomic E-state index is 11.1. The molecule has 0 aliphatic heterocycles. The third-order valence-corrected chi connectivity index (χ3v) is 3.88. The van der Waals surface area contributed by atoms with Crippen molar-refractivity contribution in [1.29, 1.82) is 0 Å². The first-order chi connectivity index (χ1) is 9.97. The molecule has 0 spiro atoms. The van der Waals surface area contributed by atoms with Crippen LogP contribution in [0.3, 0.4) is 0 Å². The Hall–Kier alpha value is -2.01. The van der Waals surface area contributed by atoms with Gasteiger partial charge in [0.2, 0.25) is 0 Å². The van der Waals surface area contributed by atoms with E-state index in [0.717, 1.165) is 15.6 Å². The summed E-state index contributed by atoms with van der Waals surface area (Å²) in [5.74, 6) is 0.111. The summed E-state index contributed by atoms with van der Waals surface area (Å²) in [6.07, 6.45) is -0.962. The van der Waals surface area contributed by atoms with Gasteiger partial charge < -0.3 is 15.1 Å². The zero-order valence-electron chi connectivity index (χ0n) is 11.5. The molecule has 0 saturated carbocycles. The van der Waals surface area contributed by atoms with Crippen molar-refractivity contribution in [2.45, 2.75) is 5.92 Å². The zero-order chi connectivity index (χ0) is 15.4. The second kappa shape index (κ2) is 6.63. The molecule has 1 amide bonds. The van der Waals surface area contributed by atoms with Gasteiger partial charge in [0.15, 0.2) is 0 Å². The van der Waals surface area contributed by atoms with E-state index in [2.05, 4.69) is 15.9 Å². The van der Waals surface area contributed by atoms with Crippen LogP contribution in [0.2, 0.25) is 0 Å². The van der Waals surface area contributed by atoms with Gasteiger partial charge in [-0.3, -0.25) is 0 Å². The molecule has 0 saturated heterocycles. The number of rotatable bonds is 4. The highest BCUT2D eigenvalue weighted by Crippen LogP contribution is 2.28. The average Bonchev–Trinajstić information content (AvgIpc) is 2.46. The highest BCUT2D eigenvalue weighted by atomic mass is 79.9. The second-order valence-corrected chi connectivity index (χ2v) is 5.77. The van der Waals surface area contributed by atoms with Gasteiger partial charge in [-0.15, -0.1) is 0 Å². The number of nitrogens with zero attached hydrogens (tertiary/aromatic N) is 1. The van der Waals surface area contributed by atoms with Crippen molar-refractivity contribution in [3.63, 3.8) is 0 Å². The average molecular weight is 350 g/mol. The Morgan fingerprint density at radius 3 is 2.05 bits per heavy atom. The molecule has 2 aromatic rings. The van der Waals surface area contributed by atoms with Gasteiger partial charge in [0.1, 0.15) is 5.75 Å². The van der Waals surface area contributed by atoms with Crippen LogP contribution < -0.4 is 0 Å². The summed E-state index contributed by atoms with van der Waals surface area (Å²) in [5, 5.41) is 18.5. The molecule has 0 heterocycles. The number of hydrogen-bond donors (Lipinski definition) is 2. The fourth-order valence-electron chi connectivity index (χ4n) is 2.16. The van der Waals surface area contributed by atoms with Crippen molar-refractivity contribution in [2.75, 3.05) is 13.6 Å². The van der Waals surface area contributed by atoms with Crippen molar-refractivity contribution in [3.8, 4) is 5.75 Å². The first kappa shape index (κ1) is 15.4. The van der Waals surface area contributed by atoms with Crippen molar-refractivity contribution < 1.29 is 15.0 Å². The first-order valence-electron chi connectivity index (χ1n) is 6.46. The minimum atomic E-state index is -0.962. The van der Waals surface area contributed by atoms with Gasteiger partial charge in [-0.05, 0) is 35.4 Å². The van der Waals surface area contributed by atoms with E-state index in [9.17, 15) is 9.90 Å². The minimum Gasteiger partial charge on any atom is -0.508 e. The molecule has 4 nitrogen and oxygen atoms in total. The summed E-state index contributed by atoms with van der Waals surface area (Å²) in [4.78, 5) is 12.3. The van der Waals surface area contributed by atoms with Crippen LogP contribution in [-0.2, 0) is 0 Å². The molecule has 0 bridgehead atoms. The largest absolute Gasteiger partial charge is 0.508 e. The number of benzene rings is 2. The van der Waals surface area contributed by atoms with Crippen molar-refractivity contribution in [3.05, 3.63) is 64.1 Å². The summed E-state index contributed by atoms with van der Waals surface area (Å²) in [5.41, 5.74) is 1.99. The first-order valence-corrected chi connectivity index (χ1v) is 7.25. The Bertz CT molecular complexity index is 565. The predicted molar refractivity (Wildman–Crippen MR) is 84.7 cm³/mol. The van der Waals surface area contributed by atoms with Gasteiger partial charge in [-0.2, -0.15) is 0 Å². The van der Waals surface area contributed by atoms with E-state index in [1.807, 2.05) is 36.4 Å². The van der Waals surface area contributed by atoms with Gasteiger partial charge in [-0.1, -0.05) is 40.2 Å². The fourth-order valence-corrected chi connectivity index (χ4v) is 2.42. The van der Waals surface area contributed by atoms with E-state index in [1.54, 1.807) is 19.2 Å². The molecule has 2 rings (SSSR count). The van der Waals surface area contributed by atoms with Gasteiger partial charge in [0, 0.05) is 24.0 Å². The third kappa shape index (κ3) is 3.98. The zero-order valence-corrected chi connectivity index (χ0v) is 13.1. The summed E-state index contributed by atoms with van der Waals surface area (Å²) in [7, 11) is 1.55. The number of likely N-dealkylation sites (N-methyl/N-ethyl adjacent to an activating group) is 1. The second-order valence-electron chi connectivity index (χ2n) is 4.86. The number of aromatic hydroxyl groups is 1. The van der Waals surface area contributed by atoms with Crippen LogP contribution in [0.15, 0.2) is 53.0 Å². The Labute approximate surface area is 131 Å². The lowest BCUT2D eigenvalue weighted by molar-refractivity contribution is 0.154. The maximum atomic E-state index is 11.1. The summed E-state index contributed by atoms with van der Waals surface area (Å²) >= 11 is 3.40. The van der Waals surface area contributed by atoms with E-state index in [4.69, 9.17) is 5.11 Å². The molecule has 2 N–H and O–H groups in total. The minimum absolute atomic E-state index is 0.0835. The van der Waals surface area contributed by atoms with E-state index in [-0.39, 0.29) is 11.7 Å². The molecule has 1 unspecified atom stereocenters. The van der Waals surface area contributed by atoms with Crippen LogP contribution in [0, 0.1) is 0 Å². The summed E-state index contributed by atoms with van der Waals surface area (Å²) < 4.78 is 0.974. The number of phenolic OH excluding ortho intramolecular Hbond substituents is 1. The van der Waals surface area contributed by atoms with Gasteiger partial charge in [-0.25, -0.2) is 4.79 Å². The summed E-state index contributed by atoms with van der Waals surface area (Å²) in [6.45, 7) is 0.349. The van der Waals surface area contributed by atoms with Crippen LogP contribution in [0.1, 0.15) is 17.0 Å². The van der Waals surface area contributed by atoms with Gasteiger partial charge in [0.05, 0.1) is 0 Å². The lowest BCUT2D eigenvalue weighted by Crippen LogP contribution is -2.30. The van der Waals surface area contributed by atoms with Gasteiger partial charge >= 0.3 is 6.09 Å². The molecule has 0 aliphatic rings. The van der Waals surface area contributed by atoms with Crippen LogP contribution in [-0.4, -0.2) is 34.8 Å². The highest BCUT2D eigenvalue weighted by Gasteiger charge is 2.19. The van der Waals surface area contributed by atoms with E-state index < -0.39 is 6.09 Å². The van der Waals surface area contributed by atoms with Crippen molar-refractivity contribution in [1.82, 2.24) is 4.90 Å². The highest BCUT2D eigenvalue weighted by molar-refractivity contribution is 9.10. The Morgan fingerprint density at radius 2 is 1.57 bits per heavy atom. The molecular weight excluding hydrogens is 334 g/mol.